The number of hydrogen-bond donors (Lipinski definition) is 2. The fraction of sp³-hybridized carbons (Fsp3) is 0.500. The first-order valence-electron chi connectivity index (χ1n) is 7.12. The van der Waals surface area contributed by atoms with Crippen molar-refractivity contribution in [2.75, 3.05) is 6.54 Å². The van der Waals surface area contributed by atoms with Crippen LogP contribution in [0.5, 0.6) is 0 Å². The molecule has 1 fully saturated rings. The van der Waals surface area contributed by atoms with Crippen molar-refractivity contribution in [1.82, 2.24) is 15.2 Å². The Labute approximate surface area is 129 Å². The lowest BCUT2D eigenvalue weighted by Crippen LogP contribution is -2.47. The van der Waals surface area contributed by atoms with E-state index in [1.165, 1.54) is 0 Å². The van der Waals surface area contributed by atoms with Gasteiger partial charge in [0.1, 0.15) is 12.6 Å². The highest BCUT2D eigenvalue weighted by atomic mass is 19.4. The summed E-state index contributed by atoms with van der Waals surface area (Å²) in [5.41, 5.74) is -1.74. The lowest BCUT2D eigenvalue weighted by Gasteiger charge is -2.16. The Morgan fingerprint density at radius 1 is 1.30 bits per heavy atom. The van der Waals surface area contributed by atoms with Crippen LogP contribution in [0.2, 0.25) is 0 Å². The molecule has 1 saturated heterocycles. The van der Waals surface area contributed by atoms with Crippen LogP contribution in [0.15, 0.2) is 23.1 Å². The van der Waals surface area contributed by atoms with Crippen molar-refractivity contribution in [3.05, 3.63) is 34.2 Å². The molecule has 9 heteroatoms. The van der Waals surface area contributed by atoms with E-state index in [0.717, 1.165) is 18.9 Å². The number of halogens is 3. The van der Waals surface area contributed by atoms with Crippen molar-refractivity contribution in [2.24, 2.45) is 0 Å². The molecule has 0 saturated carbocycles. The minimum Gasteiger partial charge on any atom is -0.354 e. The Balaban J connectivity index is 2.08. The largest absolute Gasteiger partial charge is 0.417 e. The van der Waals surface area contributed by atoms with E-state index in [2.05, 4.69) is 10.6 Å². The summed E-state index contributed by atoms with van der Waals surface area (Å²) in [6, 6.07) is 0.690. The van der Waals surface area contributed by atoms with Crippen LogP contribution in [0, 0.1) is 0 Å². The van der Waals surface area contributed by atoms with Gasteiger partial charge in [-0.3, -0.25) is 14.4 Å². The highest BCUT2D eigenvalue weighted by Crippen LogP contribution is 2.27. The van der Waals surface area contributed by atoms with Gasteiger partial charge in [0.15, 0.2) is 0 Å². The summed E-state index contributed by atoms with van der Waals surface area (Å²) >= 11 is 0. The van der Waals surface area contributed by atoms with E-state index < -0.39 is 35.8 Å². The number of hydrogen-bond acceptors (Lipinski definition) is 3. The SMILES string of the molecule is O=C(Cn1cc(C(F)(F)F)ccc1=O)NC1CCCCNC1=O. The molecule has 1 aliphatic heterocycles. The Morgan fingerprint density at radius 3 is 2.74 bits per heavy atom. The molecule has 0 aliphatic carbocycles. The number of carbonyl (C=O) groups excluding carboxylic acids is 2. The van der Waals surface area contributed by atoms with Gasteiger partial charge in [0.2, 0.25) is 11.8 Å². The molecule has 6 nitrogen and oxygen atoms in total. The lowest BCUT2D eigenvalue weighted by molar-refractivity contribution is -0.138. The number of aromatic nitrogens is 1. The molecule has 0 radical (unpaired) electrons. The van der Waals surface area contributed by atoms with Crippen LogP contribution in [-0.2, 0) is 22.3 Å². The molecule has 0 spiro atoms. The fourth-order valence-corrected chi connectivity index (χ4v) is 2.29. The normalized spacial score (nSPS) is 18.9. The number of alkyl halides is 3. The van der Waals surface area contributed by atoms with E-state index in [9.17, 15) is 27.6 Å². The molecule has 1 aromatic rings. The smallest absolute Gasteiger partial charge is 0.354 e. The van der Waals surface area contributed by atoms with E-state index in [-0.39, 0.29) is 5.91 Å². The van der Waals surface area contributed by atoms with Crippen molar-refractivity contribution >= 4 is 11.8 Å². The van der Waals surface area contributed by atoms with Gasteiger partial charge in [-0.2, -0.15) is 13.2 Å². The first-order chi connectivity index (χ1) is 10.8. The summed E-state index contributed by atoms with van der Waals surface area (Å²) in [4.78, 5) is 35.2. The minimum atomic E-state index is -4.60. The van der Waals surface area contributed by atoms with Crippen LogP contribution in [0.1, 0.15) is 24.8 Å². The van der Waals surface area contributed by atoms with Crippen molar-refractivity contribution in [1.29, 1.82) is 0 Å². The van der Waals surface area contributed by atoms with Gasteiger partial charge in [-0.25, -0.2) is 0 Å². The number of carbonyl (C=O) groups is 2. The molecule has 1 aliphatic rings. The number of nitrogens with one attached hydrogen (secondary N) is 2. The third-order valence-corrected chi connectivity index (χ3v) is 3.50. The molecular formula is C14H16F3N3O3. The second-order valence-corrected chi connectivity index (χ2v) is 5.29. The topological polar surface area (TPSA) is 80.2 Å². The predicted octanol–water partition coefficient (Wildman–Crippen LogP) is 0.652. The van der Waals surface area contributed by atoms with E-state index in [0.29, 0.717) is 29.8 Å². The molecule has 23 heavy (non-hydrogen) atoms. The van der Waals surface area contributed by atoms with Gasteiger partial charge >= 0.3 is 6.18 Å². The average molecular weight is 331 g/mol. The van der Waals surface area contributed by atoms with Crippen LogP contribution in [0.3, 0.4) is 0 Å². The summed E-state index contributed by atoms with van der Waals surface area (Å²) in [5.74, 6) is -1.01. The number of pyridine rings is 1. The molecule has 1 aromatic heterocycles. The van der Waals surface area contributed by atoms with Gasteiger partial charge < -0.3 is 15.2 Å². The molecule has 2 rings (SSSR count). The second-order valence-electron chi connectivity index (χ2n) is 5.29. The van der Waals surface area contributed by atoms with Gasteiger partial charge in [0.25, 0.3) is 5.56 Å². The molecule has 1 atom stereocenters. The van der Waals surface area contributed by atoms with Crippen molar-refractivity contribution in [2.45, 2.75) is 38.0 Å². The number of amides is 2. The van der Waals surface area contributed by atoms with E-state index in [1.807, 2.05) is 0 Å². The minimum absolute atomic E-state index is 0.327. The van der Waals surface area contributed by atoms with Crippen molar-refractivity contribution in [3.63, 3.8) is 0 Å². The summed E-state index contributed by atoms with van der Waals surface area (Å²) < 4.78 is 38.6. The zero-order chi connectivity index (χ0) is 17.0. The Kier molecular flexibility index (Phi) is 5.07. The first kappa shape index (κ1) is 17.0. The summed E-state index contributed by atoms with van der Waals surface area (Å²) in [6.45, 7) is -0.0508. The third-order valence-electron chi connectivity index (χ3n) is 3.50. The monoisotopic (exact) mass is 331 g/mol. The van der Waals surface area contributed by atoms with Crippen LogP contribution in [0.25, 0.3) is 0 Å². The van der Waals surface area contributed by atoms with E-state index in [4.69, 9.17) is 0 Å². The predicted molar refractivity (Wildman–Crippen MR) is 74.5 cm³/mol. The third kappa shape index (κ3) is 4.57. The molecule has 2 heterocycles. The molecular weight excluding hydrogens is 315 g/mol. The van der Waals surface area contributed by atoms with Crippen molar-refractivity contribution in [3.8, 4) is 0 Å². The van der Waals surface area contributed by atoms with Crippen LogP contribution >= 0.6 is 0 Å². The maximum atomic E-state index is 12.6. The van der Waals surface area contributed by atoms with Gasteiger partial charge in [-0.15, -0.1) is 0 Å². The maximum absolute atomic E-state index is 12.6. The second kappa shape index (κ2) is 6.84. The highest BCUT2D eigenvalue weighted by molar-refractivity contribution is 5.87. The van der Waals surface area contributed by atoms with Crippen LogP contribution < -0.4 is 16.2 Å². The van der Waals surface area contributed by atoms with Gasteiger partial charge in [-0.05, 0) is 25.3 Å². The summed E-state index contributed by atoms with van der Waals surface area (Å²) in [6.07, 6.45) is -2.02. The maximum Gasteiger partial charge on any atom is 0.417 e. The van der Waals surface area contributed by atoms with Crippen molar-refractivity contribution < 1.29 is 22.8 Å². The van der Waals surface area contributed by atoms with Gasteiger partial charge in [-0.1, -0.05) is 0 Å². The summed E-state index contributed by atoms with van der Waals surface area (Å²) in [5, 5.41) is 5.08. The quantitative estimate of drug-likeness (QED) is 0.853. The number of nitrogens with zero attached hydrogens (tertiary/aromatic N) is 1. The Morgan fingerprint density at radius 2 is 2.04 bits per heavy atom. The summed E-state index contributed by atoms with van der Waals surface area (Å²) in [7, 11) is 0. The zero-order valence-corrected chi connectivity index (χ0v) is 12.2. The van der Waals surface area contributed by atoms with Gasteiger partial charge in [0.05, 0.1) is 5.56 Å². The Hall–Kier alpha value is -2.32. The molecule has 0 aromatic carbocycles. The molecule has 2 amide bonds. The van der Waals surface area contributed by atoms with E-state index in [1.54, 1.807) is 0 Å². The Bertz CT molecular complexity index is 655. The first-order valence-corrected chi connectivity index (χ1v) is 7.12. The molecule has 0 bridgehead atoms. The highest BCUT2D eigenvalue weighted by Gasteiger charge is 2.31. The standard InChI is InChI=1S/C14H16F3N3O3/c15-14(16,17)9-4-5-12(22)20(7-9)8-11(21)19-10-3-1-2-6-18-13(10)23/h4-5,7,10H,1-3,6,8H2,(H,18,23)(H,19,21). The lowest BCUT2D eigenvalue weighted by atomic mass is 10.1. The zero-order valence-electron chi connectivity index (χ0n) is 12.2. The average Bonchev–Trinajstić information content (AvgIpc) is 2.65. The molecule has 126 valence electrons. The molecule has 2 N–H and O–H groups in total. The van der Waals surface area contributed by atoms with Crippen LogP contribution in [-0.4, -0.2) is 29.0 Å². The van der Waals surface area contributed by atoms with Crippen LogP contribution in [0.4, 0.5) is 13.2 Å². The fourth-order valence-electron chi connectivity index (χ4n) is 2.29. The molecule has 1 unspecified atom stereocenters. The number of rotatable bonds is 3. The van der Waals surface area contributed by atoms with Gasteiger partial charge in [0, 0.05) is 18.8 Å². The van der Waals surface area contributed by atoms with E-state index >= 15 is 0 Å².